The summed E-state index contributed by atoms with van der Waals surface area (Å²) >= 11 is 0. The number of hydrogen-bond donors (Lipinski definition) is 2. The van der Waals surface area contributed by atoms with Crippen LogP contribution in [0.1, 0.15) is 0 Å². The Morgan fingerprint density at radius 1 is 0.720 bits per heavy atom. The molecule has 0 spiro atoms. The molecule has 0 aliphatic carbocycles. The number of aromatic amines is 2. The van der Waals surface area contributed by atoms with Gasteiger partial charge >= 0.3 is 0 Å². The summed E-state index contributed by atoms with van der Waals surface area (Å²) in [4.78, 5) is 26.1. The van der Waals surface area contributed by atoms with Crippen molar-refractivity contribution in [1.82, 2.24) is 14.8 Å². The van der Waals surface area contributed by atoms with Crippen molar-refractivity contribution >= 4 is 0 Å². The molecule has 5 heteroatoms. The predicted octanol–water partition coefficient (Wildman–Crippen LogP) is 3.19. The minimum absolute atomic E-state index is 0.106. The van der Waals surface area contributed by atoms with Gasteiger partial charge in [0.05, 0.1) is 11.4 Å². The summed E-state index contributed by atoms with van der Waals surface area (Å²) in [5.74, 6) is 0. The second-order valence-electron chi connectivity index (χ2n) is 5.70. The standard InChI is InChI=1S/C20H15N3O2/c24-19-11-10-16(13-21-19)14-6-8-15(9-7-14)18-12-20(25)23(22-18)17-4-2-1-3-5-17/h1-13,22H,(H,21,24). The van der Waals surface area contributed by atoms with Crippen LogP contribution < -0.4 is 11.1 Å². The number of H-pyrrole nitrogens is 2. The maximum atomic E-state index is 12.2. The second-order valence-corrected chi connectivity index (χ2v) is 5.70. The van der Waals surface area contributed by atoms with Crippen molar-refractivity contribution in [1.29, 1.82) is 0 Å². The number of benzene rings is 2. The van der Waals surface area contributed by atoms with Crippen molar-refractivity contribution in [3.05, 3.63) is 99.7 Å². The molecular formula is C20H15N3O2. The van der Waals surface area contributed by atoms with Crippen molar-refractivity contribution in [2.24, 2.45) is 0 Å². The summed E-state index contributed by atoms with van der Waals surface area (Å²) in [6.45, 7) is 0. The molecule has 0 aliphatic heterocycles. The second kappa shape index (κ2) is 6.13. The van der Waals surface area contributed by atoms with Crippen molar-refractivity contribution in [2.75, 3.05) is 0 Å². The van der Waals surface area contributed by atoms with Gasteiger partial charge in [0.2, 0.25) is 5.56 Å². The topological polar surface area (TPSA) is 70.7 Å². The summed E-state index contributed by atoms with van der Waals surface area (Å²) in [5, 5.41) is 3.14. The molecular weight excluding hydrogens is 314 g/mol. The minimum Gasteiger partial charge on any atom is -0.328 e. The summed E-state index contributed by atoms with van der Waals surface area (Å²) in [6, 6.07) is 22.1. The van der Waals surface area contributed by atoms with Crippen LogP contribution in [0.25, 0.3) is 28.1 Å². The third kappa shape index (κ3) is 2.95. The van der Waals surface area contributed by atoms with E-state index in [9.17, 15) is 9.59 Å². The number of nitrogens with one attached hydrogen (secondary N) is 2. The maximum Gasteiger partial charge on any atom is 0.271 e. The predicted molar refractivity (Wildman–Crippen MR) is 97.9 cm³/mol. The molecule has 2 aromatic carbocycles. The van der Waals surface area contributed by atoms with Crippen LogP contribution in [0.3, 0.4) is 0 Å². The number of rotatable bonds is 3. The molecule has 0 bridgehead atoms. The molecule has 0 saturated carbocycles. The van der Waals surface area contributed by atoms with Crippen LogP contribution in [0.2, 0.25) is 0 Å². The molecule has 0 aliphatic rings. The Bertz CT molecular complexity index is 1100. The summed E-state index contributed by atoms with van der Waals surface area (Å²) in [6.07, 6.45) is 1.69. The number of aromatic nitrogens is 3. The van der Waals surface area contributed by atoms with Gasteiger partial charge in [-0.25, -0.2) is 4.68 Å². The van der Waals surface area contributed by atoms with E-state index >= 15 is 0 Å². The van der Waals surface area contributed by atoms with Crippen LogP contribution in [-0.4, -0.2) is 14.8 Å². The Kier molecular flexibility index (Phi) is 3.67. The van der Waals surface area contributed by atoms with E-state index in [1.807, 2.05) is 54.6 Å². The van der Waals surface area contributed by atoms with Crippen LogP contribution in [-0.2, 0) is 0 Å². The average Bonchev–Trinajstić information content (AvgIpc) is 3.05. The average molecular weight is 329 g/mol. The highest BCUT2D eigenvalue weighted by Gasteiger charge is 2.07. The number of nitrogens with zero attached hydrogens (tertiary/aromatic N) is 1. The van der Waals surface area contributed by atoms with E-state index in [0.29, 0.717) is 0 Å². The van der Waals surface area contributed by atoms with E-state index in [2.05, 4.69) is 10.1 Å². The van der Waals surface area contributed by atoms with Gasteiger partial charge in [0, 0.05) is 18.3 Å². The van der Waals surface area contributed by atoms with Gasteiger partial charge < -0.3 is 4.98 Å². The fraction of sp³-hybridized carbons (Fsp3) is 0. The minimum atomic E-state index is -0.125. The molecule has 0 radical (unpaired) electrons. The fourth-order valence-electron chi connectivity index (χ4n) is 2.74. The summed E-state index contributed by atoms with van der Waals surface area (Å²) in [5.41, 5.74) is 4.16. The molecule has 0 fully saturated rings. The smallest absolute Gasteiger partial charge is 0.271 e. The summed E-state index contributed by atoms with van der Waals surface area (Å²) < 4.78 is 1.52. The molecule has 4 aromatic rings. The molecule has 0 unspecified atom stereocenters. The first-order valence-corrected chi connectivity index (χ1v) is 7.88. The van der Waals surface area contributed by atoms with Gasteiger partial charge in [-0.05, 0) is 34.9 Å². The van der Waals surface area contributed by atoms with E-state index in [1.165, 1.54) is 10.7 Å². The zero-order chi connectivity index (χ0) is 17.2. The van der Waals surface area contributed by atoms with Gasteiger partial charge in [-0.3, -0.25) is 14.7 Å². The van der Waals surface area contributed by atoms with Crippen LogP contribution in [0, 0.1) is 0 Å². The van der Waals surface area contributed by atoms with Crippen LogP contribution >= 0.6 is 0 Å². The van der Waals surface area contributed by atoms with Gasteiger partial charge in [-0.2, -0.15) is 0 Å². The number of para-hydroxylation sites is 1. The first kappa shape index (κ1) is 15.0. The van der Waals surface area contributed by atoms with Crippen LogP contribution in [0.15, 0.2) is 88.6 Å². The lowest BCUT2D eigenvalue weighted by molar-refractivity contribution is 0.852. The Morgan fingerprint density at radius 3 is 2.08 bits per heavy atom. The van der Waals surface area contributed by atoms with E-state index in [0.717, 1.165) is 28.1 Å². The first-order valence-electron chi connectivity index (χ1n) is 7.88. The molecule has 122 valence electrons. The van der Waals surface area contributed by atoms with E-state index in [4.69, 9.17) is 0 Å². The van der Waals surface area contributed by atoms with Crippen molar-refractivity contribution in [3.63, 3.8) is 0 Å². The van der Waals surface area contributed by atoms with Crippen LogP contribution in [0.5, 0.6) is 0 Å². The molecule has 2 heterocycles. The molecule has 0 saturated heterocycles. The van der Waals surface area contributed by atoms with Crippen LogP contribution in [0.4, 0.5) is 0 Å². The number of pyridine rings is 1. The molecule has 2 aromatic heterocycles. The zero-order valence-corrected chi connectivity index (χ0v) is 13.3. The lowest BCUT2D eigenvalue weighted by Crippen LogP contribution is -2.12. The van der Waals surface area contributed by atoms with Gasteiger partial charge in [0.1, 0.15) is 0 Å². The quantitative estimate of drug-likeness (QED) is 0.606. The lowest BCUT2D eigenvalue weighted by atomic mass is 10.0. The van der Waals surface area contributed by atoms with Gasteiger partial charge in [-0.15, -0.1) is 0 Å². The zero-order valence-electron chi connectivity index (χ0n) is 13.3. The Balaban J connectivity index is 1.68. The third-order valence-electron chi connectivity index (χ3n) is 4.05. The molecule has 25 heavy (non-hydrogen) atoms. The van der Waals surface area contributed by atoms with Crippen molar-refractivity contribution in [3.8, 4) is 28.1 Å². The highest BCUT2D eigenvalue weighted by atomic mass is 16.1. The first-order chi connectivity index (χ1) is 12.2. The highest BCUT2D eigenvalue weighted by molar-refractivity contribution is 5.68. The van der Waals surface area contributed by atoms with Crippen molar-refractivity contribution in [2.45, 2.75) is 0 Å². The van der Waals surface area contributed by atoms with Crippen molar-refractivity contribution < 1.29 is 0 Å². The Hall–Kier alpha value is -3.60. The van der Waals surface area contributed by atoms with E-state index in [1.54, 1.807) is 18.3 Å². The monoisotopic (exact) mass is 329 g/mol. The molecule has 0 atom stereocenters. The highest BCUT2D eigenvalue weighted by Crippen LogP contribution is 2.22. The van der Waals surface area contributed by atoms with Gasteiger partial charge in [-0.1, -0.05) is 42.5 Å². The largest absolute Gasteiger partial charge is 0.328 e. The number of hydrogen-bond acceptors (Lipinski definition) is 2. The maximum absolute atomic E-state index is 12.2. The normalized spacial score (nSPS) is 10.7. The molecule has 4 rings (SSSR count). The SMILES string of the molecule is O=c1ccc(-c2ccc(-c3cc(=O)n(-c4ccccc4)[nH]3)cc2)c[nH]1. The molecule has 5 nitrogen and oxygen atoms in total. The summed E-state index contributed by atoms with van der Waals surface area (Å²) in [7, 11) is 0. The molecule has 0 amide bonds. The fourth-order valence-corrected chi connectivity index (χ4v) is 2.74. The Labute approximate surface area is 143 Å². The third-order valence-corrected chi connectivity index (χ3v) is 4.05. The van der Waals surface area contributed by atoms with E-state index < -0.39 is 0 Å². The van der Waals surface area contributed by atoms with E-state index in [-0.39, 0.29) is 11.1 Å². The molecule has 2 N–H and O–H groups in total. The lowest BCUT2D eigenvalue weighted by Gasteiger charge is -2.04. The van der Waals surface area contributed by atoms with Gasteiger partial charge in [0.15, 0.2) is 0 Å². The Morgan fingerprint density at radius 2 is 1.40 bits per heavy atom. The van der Waals surface area contributed by atoms with Gasteiger partial charge in [0.25, 0.3) is 5.56 Å².